The van der Waals surface area contributed by atoms with Crippen LogP contribution in [0, 0.1) is 12.8 Å². The summed E-state index contributed by atoms with van der Waals surface area (Å²) in [5.41, 5.74) is 3.57. The van der Waals surface area contributed by atoms with E-state index in [9.17, 15) is 9.59 Å². The number of nitrogens with one attached hydrogen (secondary N) is 3. The molecule has 3 N–H and O–H groups in total. The van der Waals surface area contributed by atoms with E-state index in [4.69, 9.17) is 11.6 Å². The van der Waals surface area contributed by atoms with Gasteiger partial charge in [-0.05, 0) is 48.6 Å². The van der Waals surface area contributed by atoms with Crippen LogP contribution >= 0.6 is 11.6 Å². The van der Waals surface area contributed by atoms with Crippen molar-refractivity contribution >= 4 is 29.1 Å². The summed E-state index contributed by atoms with van der Waals surface area (Å²) in [6, 6.07) is 13.2. The molecule has 0 fully saturated rings. The number of aryl methyl sites for hydroxylation is 1. The Kier molecular flexibility index (Phi) is 8.33. The van der Waals surface area contributed by atoms with Gasteiger partial charge in [-0.2, -0.15) is 0 Å². The van der Waals surface area contributed by atoms with Gasteiger partial charge in [-0.15, -0.1) is 0 Å². The van der Waals surface area contributed by atoms with E-state index in [0.717, 1.165) is 6.42 Å². The van der Waals surface area contributed by atoms with Crippen molar-refractivity contribution in [3.8, 4) is 0 Å². The highest BCUT2D eigenvalue weighted by Crippen LogP contribution is 2.21. The van der Waals surface area contributed by atoms with Crippen molar-refractivity contribution in [2.45, 2.75) is 27.2 Å². The van der Waals surface area contributed by atoms with Gasteiger partial charge in [0.15, 0.2) is 0 Å². The van der Waals surface area contributed by atoms with Crippen LogP contribution in [0.1, 0.15) is 35.3 Å². The Morgan fingerprint density at radius 3 is 2.50 bits per heavy atom. The largest absolute Gasteiger partial charge is 0.376 e. The molecule has 0 bridgehead atoms. The summed E-state index contributed by atoms with van der Waals surface area (Å²) in [6.07, 6.45) is 0.796. The van der Waals surface area contributed by atoms with E-state index < -0.39 is 0 Å². The van der Waals surface area contributed by atoms with E-state index in [1.165, 1.54) is 11.1 Å². The molecule has 0 aliphatic carbocycles. The summed E-state index contributed by atoms with van der Waals surface area (Å²) in [4.78, 5) is 24.2. The van der Waals surface area contributed by atoms with E-state index in [2.05, 4.69) is 35.0 Å². The SMILES string of the molecule is Cc1ccccc1CCNC(=O)CNc1ccc(C(=O)NCC(C)C)c(Cl)c1. The highest BCUT2D eigenvalue weighted by Gasteiger charge is 2.11. The molecule has 0 spiro atoms. The molecule has 0 radical (unpaired) electrons. The lowest BCUT2D eigenvalue weighted by atomic mass is 10.1. The smallest absolute Gasteiger partial charge is 0.252 e. The zero-order valence-corrected chi connectivity index (χ0v) is 17.4. The van der Waals surface area contributed by atoms with Crippen LogP contribution in [0.2, 0.25) is 5.02 Å². The van der Waals surface area contributed by atoms with Gasteiger partial charge in [0.25, 0.3) is 5.91 Å². The highest BCUT2D eigenvalue weighted by molar-refractivity contribution is 6.34. The van der Waals surface area contributed by atoms with Crippen molar-refractivity contribution in [1.82, 2.24) is 10.6 Å². The molecule has 150 valence electrons. The van der Waals surface area contributed by atoms with Crippen LogP contribution in [-0.2, 0) is 11.2 Å². The summed E-state index contributed by atoms with van der Waals surface area (Å²) >= 11 is 6.22. The normalized spacial score (nSPS) is 10.6. The fraction of sp³-hybridized carbons (Fsp3) is 0.364. The number of carbonyl (C=O) groups is 2. The zero-order chi connectivity index (χ0) is 20.5. The molecule has 0 saturated heterocycles. The number of hydrogen-bond donors (Lipinski definition) is 3. The number of amides is 2. The van der Waals surface area contributed by atoms with Crippen LogP contribution in [0.5, 0.6) is 0 Å². The van der Waals surface area contributed by atoms with Crippen molar-refractivity contribution in [2.75, 3.05) is 25.0 Å². The van der Waals surface area contributed by atoms with E-state index in [-0.39, 0.29) is 18.4 Å². The molecule has 0 aliphatic rings. The standard InChI is InChI=1S/C22H28ClN3O2/c1-15(2)13-26-22(28)19-9-8-18(12-20(19)23)25-14-21(27)24-11-10-17-7-5-4-6-16(17)3/h4-9,12,15,25H,10-11,13-14H2,1-3H3,(H,24,27)(H,26,28). The molecular formula is C22H28ClN3O2. The maximum atomic E-state index is 12.1. The first kappa shape index (κ1) is 21.8. The van der Waals surface area contributed by atoms with Crippen molar-refractivity contribution in [1.29, 1.82) is 0 Å². The second-order valence-electron chi connectivity index (χ2n) is 7.18. The highest BCUT2D eigenvalue weighted by atomic mass is 35.5. The first-order chi connectivity index (χ1) is 13.4. The van der Waals surface area contributed by atoms with Gasteiger partial charge in [0, 0.05) is 18.8 Å². The summed E-state index contributed by atoms with van der Waals surface area (Å²) in [7, 11) is 0. The third-order valence-corrected chi connectivity index (χ3v) is 4.63. The molecule has 0 aliphatic heterocycles. The zero-order valence-electron chi connectivity index (χ0n) is 16.6. The predicted molar refractivity (Wildman–Crippen MR) is 115 cm³/mol. The van der Waals surface area contributed by atoms with Gasteiger partial charge < -0.3 is 16.0 Å². The minimum Gasteiger partial charge on any atom is -0.376 e. The summed E-state index contributed by atoms with van der Waals surface area (Å²) in [5.74, 6) is 0.0793. The molecule has 5 nitrogen and oxygen atoms in total. The Bertz CT molecular complexity index is 821. The summed E-state index contributed by atoms with van der Waals surface area (Å²) in [5, 5.41) is 9.13. The molecule has 2 rings (SSSR count). The lowest BCUT2D eigenvalue weighted by Gasteiger charge is -2.11. The van der Waals surface area contributed by atoms with Gasteiger partial charge in [-0.1, -0.05) is 49.7 Å². The molecule has 6 heteroatoms. The van der Waals surface area contributed by atoms with Gasteiger partial charge in [0.2, 0.25) is 5.91 Å². The first-order valence-corrected chi connectivity index (χ1v) is 9.87. The third-order valence-electron chi connectivity index (χ3n) is 4.32. The van der Waals surface area contributed by atoms with Crippen molar-refractivity contribution in [3.05, 3.63) is 64.2 Å². The lowest BCUT2D eigenvalue weighted by molar-refractivity contribution is -0.119. The van der Waals surface area contributed by atoms with Crippen LogP contribution in [0.25, 0.3) is 0 Å². The maximum absolute atomic E-state index is 12.1. The molecule has 0 unspecified atom stereocenters. The molecule has 0 aromatic heterocycles. The maximum Gasteiger partial charge on any atom is 0.252 e. The molecule has 2 aromatic carbocycles. The number of rotatable bonds is 9. The lowest BCUT2D eigenvalue weighted by Crippen LogP contribution is -2.31. The van der Waals surface area contributed by atoms with Crippen LogP contribution in [0.3, 0.4) is 0 Å². The molecule has 0 atom stereocenters. The van der Waals surface area contributed by atoms with E-state index >= 15 is 0 Å². The quantitative estimate of drug-likeness (QED) is 0.598. The molecule has 2 aromatic rings. The van der Waals surface area contributed by atoms with E-state index in [0.29, 0.717) is 35.3 Å². The molecule has 28 heavy (non-hydrogen) atoms. The van der Waals surface area contributed by atoms with Crippen molar-refractivity contribution in [3.63, 3.8) is 0 Å². The number of halogens is 1. The van der Waals surface area contributed by atoms with Crippen LogP contribution in [-0.4, -0.2) is 31.4 Å². The number of anilines is 1. The number of carbonyl (C=O) groups excluding carboxylic acids is 2. The van der Waals surface area contributed by atoms with Gasteiger partial charge in [-0.25, -0.2) is 0 Å². The fourth-order valence-corrected chi connectivity index (χ4v) is 2.94. The van der Waals surface area contributed by atoms with E-state index in [1.807, 2.05) is 26.0 Å². The Morgan fingerprint density at radius 1 is 1.07 bits per heavy atom. The minimum atomic E-state index is -0.195. The summed E-state index contributed by atoms with van der Waals surface area (Å²) < 4.78 is 0. The van der Waals surface area contributed by atoms with E-state index in [1.54, 1.807) is 18.2 Å². The Morgan fingerprint density at radius 2 is 1.82 bits per heavy atom. The minimum absolute atomic E-state index is 0.0940. The molecule has 0 heterocycles. The van der Waals surface area contributed by atoms with Crippen molar-refractivity contribution < 1.29 is 9.59 Å². The van der Waals surface area contributed by atoms with Gasteiger partial charge in [0.05, 0.1) is 17.1 Å². The third kappa shape index (κ3) is 6.89. The first-order valence-electron chi connectivity index (χ1n) is 9.49. The Balaban J connectivity index is 1.79. The molecule has 2 amide bonds. The topological polar surface area (TPSA) is 70.2 Å². The Labute approximate surface area is 171 Å². The van der Waals surface area contributed by atoms with Crippen LogP contribution < -0.4 is 16.0 Å². The number of benzene rings is 2. The van der Waals surface area contributed by atoms with Crippen molar-refractivity contribution in [2.24, 2.45) is 5.92 Å². The second kappa shape index (κ2) is 10.7. The monoisotopic (exact) mass is 401 g/mol. The van der Waals surface area contributed by atoms with Gasteiger partial charge in [0.1, 0.15) is 0 Å². The second-order valence-corrected chi connectivity index (χ2v) is 7.59. The van der Waals surface area contributed by atoms with Gasteiger partial charge in [-0.3, -0.25) is 9.59 Å². The average Bonchev–Trinajstić information content (AvgIpc) is 2.66. The molecular weight excluding hydrogens is 374 g/mol. The predicted octanol–water partition coefficient (Wildman–Crippen LogP) is 3.81. The Hall–Kier alpha value is -2.53. The number of hydrogen-bond acceptors (Lipinski definition) is 3. The van der Waals surface area contributed by atoms with Crippen LogP contribution in [0.4, 0.5) is 5.69 Å². The average molecular weight is 402 g/mol. The summed E-state index contributed by atoms with van der Waals surface area (Å²) in [6.45, 7) is 7.44. The molecule has 0 saturated carbocycles. The fourth-order valence-electron chi connectivity index (χ4n) is 2.67. The van der Waals surface area contributed by atoms with Gasteiger partial charge >= 0.3 is 0 Å². The van der Waals surface area contributed by atoms with Crippen LogP contribution in [0.15, 0.2) is 42.5 Å².